The Hall–Kier alpha value is -3.33. The van der Waals surface area contributed by atoms with Gasteiger partial charge in [0.15, 0.2) is 5.75 Å². The summed E-state index contributed by atoms with van der Waals surface area (Å²) < 4.78 is 42.9. The van der Waals surface area contributed by atoms with Gasteiger partial charge >= 0.3 is 16.1 Å². The van der Waals surface area contributed by atoms with Crippen LogP contribution in [0.3, 0.4) is 0 Å². The lowest BCUT2D eigenvalue weighted by atomic mass is 9.93. The Kier molecular flexibility index (Phi) is 6.89. The van der Waals surface area contributed by atoms with Crippen molar-refractivity contribution in [3.8, 4) is 11.5 Å². The van der Waals surface area contributed by atoms with Crippen molar-refractivity contribution in [3.05, 3.63) is 63.7 Å². The monoisotopic (exact) mass is 499 g/mol. The average Bonchev–Trinajstić information content (AvgIpc) is 3.40. The highest BCUT2D eigenvalue weighted by Gasteiger charge is 2.35. The topological polar surface area (TPSA) is 119 Å². The van der Waals surface area contributed by atoms with E-state index in [0.717, 1.165) is 30.4 Å². The number of fused-ring (bicyclic) bond motifs is 1. The molecule has 0 radical (unpaired) electrons. The molecular formula is C26H27O8S-. The Labute approximate surface area is 204 Å². The van der Waals surface area contributed by atoms with Gasteiger partial charge in [-0.1, -0.05) is 29.3 Å². The largest absolute Gasteiger partial charge is 0.550 e. The van der Waals surface area contributed by atoms with Crippen molar-refractivity contribution in [1.29, 1.82) is 0 Å². The van der Waals surface area contributed by atoms with Crippen molar-refractivity contribution in [2.75, 3.05) is 7.11 Å². The van der Waals surface area contributed by atoms with Crippen LogP contribution < -0.4 is 14.0 Å². The number of allylic oxidation sites excluding steroid dienone is 2. The quantitative estimate of drug-likeness (QED) is 0.309. The molecule has 186 valence electrons. The number of hydrogen-bond donors (Lipinski definition) is 0. The van der Waals surface area contributed by atoms with E-state index in [9.17, 15) is 23.1 Å². The van der Waals surface area contributed by atoms with E-state index in [1.807, 2.05) is 13.0 Å². The maximum absolute atomic E-state index is 13.2. The molecule has 2 aromatic carbocycles. The van der Waals surface area contributed by atoms with Gasteiger partial charge in [0.1, 0.15) is 22.8 Å². The van der Waals surface area contributed by atoms with Crippen LogP contribution in [0.15, 0.2) is 40.8 Å². The molecule has 1 heterocycles. The highest BCUT2D eigenvalue weighted by molar-refractivity contribution is 7.87. The number of carboxylic acids is 1. The Bertz CT molecular complexity index is 1310. The number of ether oxygens (including phenoxy) is 2. The summed E-state index contributed by atoms with van der Waals surface area (Å²) >= 11 is 0. The van der Waals surface area contributed by atoms with E-state index >= 15 is 0 Å². The number of methoxy groups -OCH3 is 1. The lowest BCUT2D eigenvalue weighted by Gasteiger charge is -2.20. The molecule has 0 amide bonds. The van der Waals surface area contributed by atoms with Crippen LogP contribution >= 0.6 is 0 Å². The van der Waals surface area contributed by atoms with Crippen LogP contribution in [-0.4, -0.2) is 27.5 Å². The first kappa shape index (κ1) is 24.8. The molecule has 4 rings (SSSR count). The molecule has 1 fully saturated rings. The molecule has 1 aliphatic heterocycles. The van der Waals surface area contributed by atoms with E-state index in [2.05, 4.69) is 0 Å². The number of aliphatic carboxylic acids is 1. The Balaban J connectivity index is 1.82. The Morgan fingerprint density at radius 1 is 1.20 bits per heavy atom. The van der Waals surface area contributed by atoms with E-state index < -0.39 is 22.1 Å². The van der Waals surface area contributed by atoms with E-state index in [1.165, 1.54) is 19.2 Å². The van der Waals surface area contributed by atoms with E-state index in [1.54, 1.807) is 19.1 Å². The second kappa shape index (κ2) is 9.73. The van der Waals surface area contributed by atoms with Crippen molar-refractivity contribution < 1.29 is 36.8 Å². The Morgan fingerprint density at radius 2 is 1.91 bits per heavy atom. The fraction of sp³-hybridized carbons (Fsp3) is 0.385. The molecule has 0 N–H and O–H groups in total. The zero-order valence-corrected chi connectivity index (χ0v) is 20.7. The van der Waals surface area contributed by atoms with Gasteiger partial charge in [0.2, 0.25) is 0 Å². The lowest BCUT2D eigenvalue weighted by Crippen LogP contribution is -2.24. The molecule has 9 heteroatoms. The van der Waals surface area contributed by atoms with Gasteiger partial charge in [0, 0.05) is 17.1 Å². The minimum atomic E-state index is -4.27. The van der Waals surface area contributed by atoms with Crippen LogP contribution in [0.1, 0.15) is 58.3 Å². The van der Waals surface area contributed by atoms with Crippen molar-refractivity contribution in [3.63, 3.8) is 0 Å². The third-order valence-electron chi connectivity index (χ3n) is 6.65. The maximum Gasteiger partial charge on any atom is 0.342 e. The smallest absolute Gasteiger partial charge is 0.342 e. The fourth-order valence-electron chi connectivity index (χ4n) is 4.84. The standard InChI is InChI=1S/C26H28O8S/c1-15-7-10-19(11-8-15)35(30,31)34-25-20(12-9-17-5-4-6-18(17)13-22(27)28)24(32-3)16(2)21-14-33-26(29)23(21)25/h7-11,18H,4-6,12-14H2,1-3H3,(H,27,28)/p-1/b17-9+. The van der Waals surface area contributed by atoms with Crippen LogP contribution in [0, 0.1) is 19.8 Å². The number of aryl methyl sites for hydroxylation is 1. The second-order valence-electron chi connectivity index (χ2n) is 8.89. The van der Waals surface area contributed by atoms with Crippen LogP contribution in [0.5, 0.6) is 11.5 Å². The third-order valence-corrected chi connectivity index (χ3v) is 7.89. The summed E-state index contributed by atoms with van der Waals surface area (Å²) in [5.74, 6) is -1.61. The summed E-state index contributed by atoms with van der Waals surface area (Å²) in [7, 11) is -2.80. The molecule has 1 unspecified atom stereocenters. The van der Waals surface area contributed by atoms with E-state index in [0.29, 0.717) is 22.4 Å². The number of cyclic esters (lactones) is 1. The first-order valence-electron chi connectivity index (χ1n) is 11.4. The van der Waals surface area contributed by atoms with Crippen molar-refractivity contribution in [2.24, 2.45) is 5.92 Å². The minimum Gasteiger partial charge on any atom is -0.550 e. The highest BCUT2D eigenvalue weighted by Crippen LogP contribution is 2.44. The number of hydrogen-bond acceptors (Lipinski definition) is 8. The zero-order chi connectivity index (χ0) is 25.3. The van der Waals surface area contributed by atoms with E-state index in [4.69, 9.17) is 13.7 Å². The summed E-state index contributed by atoms with van der Waals surface area (Å²) in [5.41, 5.74) is 3.51. The van der Waals surface area contributed by atoms with E-state index in [-0.39, 0.29) is 41.6 Å². The second-order valence-corrected chi connectivity index (χ2v) is 10.4. The van der Waals surface area contributed by atoms with Crippen LogP contribution in [0.25, 0.3) is 0 Å². The predicted molar refractivity (Wildman–Crippen MR) is 125 cm³/mol. The molecule has 0 bridgehead atoms. The molecule has 1 atom stereocenters. The normalized spacial score (nSPS) is 18.4. The minimum absolute atomic E-state index is 0.00759. The first-order chi connectivity index (χ1) is 16.6. The van der Waals surface area contributed by atoms with Gasteiger partial charge in [0.25, 0.3) is 0 Å². The maximum atomic E-state index is 13.2. The average molecular weight is 500 g/mol. The molecule has 2 aromatic rings. The van der Waals surface area contributed by atoms with Gasteiger partial charge in [-0.3, -0.25) is 0 Å². The molecule has 0 spiro atoms. The van der Waals surface area contributed by atoms with Gasteiger partial charge in [0.05, 0.1) is 7.11 Å². The SMILES string of the molecule is COc1c(C)c2c(c(OS(=O)(=O)c3ccc(C)cc3)c1C/C=C1\CCCC1CC(=O)[O-])C(=O)OC2. The predicted octanol–water partition coefficient (Wildman–Crippen LogP) is 3.16. The number of rotatable bonds is 8. The van der Waals surface area contributed by atoms with Gasteiger partial charge in [-0.2, -0.15) is 8.42 Å². The summed E-state index contributed by atoms with van der Waals surface area (Å²) in [5, 5.41) is 11.2. The number of carbonyl (C=O) groups is 2. The summed E-state index contributed by atoms with van der Waals surface area (Å²) in [4.78, 5) is 23.8. The first-order valence-corrected chi connectivity index (χ1v) is 12.8. The molecule has 8 nitrogen and oxygen atoms in total. The fourth-order valence-corrected chi connectivity index (χ4v) is 5.81. The molecule has 0 aromatic heterocycles. The van der Waals surface area contributed by atoms with Crippen molar-refractivity contribution in [2.45, 2.75) is 57.5 Å². The van der Waals surface area contributed by atoms with Crippen molar-refractivity contribution >= 4 is 22.1 Å². The van der Waals surface area contributed by atoms with Crippen molar-refractivity contribution in [1.82, 2.24) is 0 Å². The molecule has 35 heavy (non-hydrogen) atoms. The molecule has 2 aliphatic rings. The summed E-state index contributed by atoms with van der Waals surface area (Å²) in [6.45, 7) is 3.61. The van der Waals surface area contributed by atoms with Gasteiger partial charge < -0.3 is 23.6 Å². The Morgan fingerprint density at radius 3 is 2.57 bits per heavy atom. The number of benzene rings is 2. The molecule has 0 saturated heterocycles. The zero-order valence-electron chi connectivity index (χ0n) is 19.9. The molecule has 1 saturated carbocycles. The van der Waals surface area contributed by atoms with Crippen LogP contribution in [0.4, 0.5) is 0 Å². The number of carbonyl (C=O) groups excluding carboxylic acids is 2. The third kappa shape index (κ3) is 4.91. The molecular weight excluding hydrogens is 472 g/mol. The summed E-state index contributed by atoms with van der Waals surface area (Å²) in [6.07, 6.45) is 4.37. The summed E-state index contributed by atoms with van der Waals surface area (Å²) in [6, 6.07) is 6.21. The van der Waals surface area contributed by atoms with Crippen LogP contribution in [-0.2, 0) is 32.7 Å². The van der Waals surface area contributed by atoms with Crippen LogP contribution in [0.2, 0.25) is 0 Å². The number of esters is 1. The van der Waals surface area contributed by atoms with Gasteiger partial charge in [-0.15, -0.1) is 0 Å². The lowest BCUT2D eigenvalue weighted by molar-refractivity contribution is -0.306. The van der Waals surface area contributed by atoms with Gasteiger partial charge in [-0.05, 0) is 69.6 Å². The molecule has 1 aliphatic carbocycles. The highest BCUT2D eigenvalue weighted by atomic mass is 32.2. The van der Waals surface area contributed by atoms with Gasteiger partial charge in [-0.25, -0.2) is 4.79 Å². The number of carboxylic acid groups (broad SMARTS) is 1.